The fourth-order valence-corrected chi connectivity index (χ4v) is 6.52. The number of hydrogen-bond acceptors (Lipinski definition) is 4. The van der Waals surface area contributed by atoms with Crippen molar-refractivity contribution in [2.75, 3.05) is 25.5 Å². The van der Waals surface area contributed by atoms with E-state index >= 15 is 0 Å². The van der Waals surface area contributed by atoms with Crippen molar-refractivity contribution in [2.24, 2.45) is 11.8 Å². The minimum Gasteiger partial charge on any atom is -0.497 e. The Hall–Kier alpha value is -3.12. The van der Waals surface area contributed by atoms with Crippen LogP contribution in [0.4, 0.5) is 32.0 Å². The first-order chi connectivity index (χ1) is 19.4. The van der Waals surface area contributed by atoms with Crippen LogP contribution in [0, 0.1) is 11.8 Å². The van der Waals surface area contributed by atoms with Crippen molar-refractivity contribution < 1.29 is 31.1 Å². The molecule has 5 nitrogen and oxygen atoms in total. The molecule has 5 atom stereocenters. The number of thiocarbonyl (C=S) groups is 1. The number of alkyl halides is 6. The molecule has 1 aromatic heterocycles. The third-order valence-corrected chi connectivity index (χ3v) is 8.50. The predicted molar refractivity (Wildman–Crippen MR) is 149 cm³/mol. The average molecular weight is 597 g/mol. The van der Waals surface area contributed by atoms with Gasteiger partial charge in [0.15, 0.2) is 5.11 Å². The van der Waals surface area contributed by atoms with Crippen molar-refractivity contribution in [3.63, 3.8) is 0 Å². The summed E-state index contributed by atoms with van der Waals surface area (Å²) >= 11 is 5.52. The van der Waals surface area contributed by atoms with Gasteiger partial charge in [-0.3, -0.25) is 4.98 Å². The van der Waals surface area contributed by atoms with Crippen LogP contribution >= 0.6 is 12.2 Å². The van der Waals surface area contributed by atoms with Gasteiger partial charge >= 0.3 is 12.4 Å². The molecule has 2 bridgehead atoms. The second-order valence-corrected chi connectivity index (χ2v) is 11.1. The lowest BCUT2D eigenvalue weighted by molar-refractivity contribution is -0.143. The Kier molecular flexibility index (Phi) is 8.08. The maximum absolute atomic E-state index is 13.4. The van der Waals surface area contributed by atoms with Crippen LogP contribution in [0.3, 0.4) is 0 Å². The summed E-state index contributed by atoms with van der Waals surface area (Å²) in [7, 11) is 1.56. The number of halogens is 6. The van der Waals surface area contributed by atoms with Crippen molar-refractivity contribution in [1.29, 1.82) is 0 Å². The number of methoxy groups -OCH3 is 1. The number of ether oxygens (including phenoxy) is 1. The minimum atomic E-state index is -4.96. The predicted octanol–water partition coefficient (Wildman–Crippen LogP) is 7.43. The van der Waals surface area contributed by atoms with Crippen LogP contribution in [0.1, 0.15) is 48.9 Å². The molecule has 0 radical (unpaired) electrons. The van der Waals surface area contributed by atoms with E-state index in [2.05, 4.69) is 27.4 Å². The van der Waals surface area contributed by atoms with Gasteiger partial charge in [-0.1, -0.05) is 6.92 Å². The minimum absolute atomic E-state index is 0.0706. The summed E-state index contributed by atoms with van der Waals surface area (Å²) in [6, 6.07) is 8.86. The summed E-state index contributed by atoms with van der Waals surface area (Å²) in [5, 5.41) is 6.64. The highest BCUT2D eigenvalue weighted by Crippen LogP contribution is 2.44. The van der Waals surface area contributed by atoms with E-state index in [1.54, 1.807) is 19.4 Å². The zero-order chi connectivity index (χ0) is 29.5. The van der Waals surface area contributed by atoms with E-state index in [9.17, 15) is 26.3 Å². The normalized spacial score (nSPS) is 23.3. The summed E-state index contributed by atoms with van der Waals surface area (Å²) in [6.07, 6.45) is -5.20. The van der Waals surface area contributed by atoms with Crippen LogP contribution in [0.2, 0.25) is 0 Å². The summed E-state index contributed by atoms with van der Waals surface area (Å²) in [4.78, 5) is 6.94. The monoisotopic (exact) mass is 596 g/mol. The van der Waals surface area contributed by atoms with Gasteiger partial charge in [-0.25, -0.2) is 0 Å². The van der Waals surface area contributed by atoms with Crippen molar-refractivity contribution in [1.82, 2.24) is 15.2 Å². The third kappa shape index (κ3) is 6.23. The Morgan fingerprint density at radius 1 is 1.07 bits per heavy atom. The molecular weight excluding hydrogens is 566 g/mol. The van der Waals surface area contributed by atoms with E-state index in [0.29, 0.717) is 29.8 Å². The molecule has 2 N–H and O–H groups in total. The second kappa shape index (κ2) is 11.3. The molecular formula is C29H30F6N4OS. The Labute approximate surface area is 239 Å². The topological polar surface area (TPSA) is 49.4 Å². The number of piperidine rings is 3. The van der Waals surface area contributed by atoms with Crippen molar-refractivity contribution >= 4 is 33.9 Å². The second-order valence-electron chi connectivity index (χ2n) is 10.7. The lowest BCUT2D eigenvalue weighted by atomic mass is 9.70. The van der Waals surface area contributed by atoms with Gasteiger partial charge in [0.25, 0.3) is 0 Å². The molecule has 3 saturated heterocycles. The summed E-state index contributed by atoms with van der Waals surface area (Å²) in [5.41, 5.74) is -1.61. The van der Waals surface area contributed by atoms with E-state index in [1.807, 2.05) is 18.2 Å². The summed E-state index contributed by atoms with van der Waals surface area (Å²) in [6.45, 7) is 3.95. The highest BCUT2D eigenvalue weighted by atomic mass is 32.1. The molecule has 0 saturated carbocycles. The number of fused-ring (bicyclic) bond motifs is 4. The largest absolute Gasteiger partial charge is 0.497 e. The maximum Gasteiger partial charge on any atom is 0.416 e. The number of rotatable bonds is 6. The first-order valence-electron chi connectivity index (χ1n) is 13.4. The highest BCUT2D eigenvalue weighted by Gasteiger charge is 2.44. The fraction of sp³-hybridized carbons (Fsp3) is 0.448. The molecule has 6 rings (SSSR count). The van der Waals surface area contributed by atoms with Crippen LogP contribution in [0.25, 0.3) is 10.9 Å². The van der Waals surface area contributed by atoms with E-state index in [-0.39, 0.29) is 23.1 Å². The first kappa shape index (κ1) is 29.4. The van der Waals surface area contributed by atoms with E-state index in [0.717, 1.165) is 48.8 Å². The lowest BCUT2D eigenvalue weighted by Crippen LogP contribution is -2.56. The van der Waals surface area contributed by atoms with Gasteiger partial charge in [0.05, 0.1) is 29.8 Å². The molecule has 3 fully saturated rings. The zero-order valence-corrected chi connectivity index (χ0v) is 23.3. The Morgan fingerprint density at radius 3 is 2.37 bits per heavy atom. The summed E-state index contributed by atoms with van der Waals surface area (Å²) in [5.74, 6) is 1.09. The van der Waals surface area contributed by atoms with Gasteiger partial charge in [0, 0.05) is 29.9 Å². The lowest BCUT2D eigenvalue weighted by Gasteiger charge is -2.52. The Balaban J connectivity index is 1.51. The Bertz CT molecular complexity index is 1400. The molecule has 0 aliphatic carbocycles. The molecule has 3 aromatic rings. The number of nitrogens with zero attached hydrogens (tertiary/aromatic N) is 2. The number of hydrogen-bond donors (Lipinski definition) is 2. The molecule has 220 valence electrons. The number of pyridine rings is 1. The SMILES string of the molecule is CCC1CC2CCN1CC2[C@@H](NC(=S)Nc1cc(C(F)(F)F)cc(C(F)(F)F)c1)c1ccnc2ccc(OC)cc12. The molecule has 41 heavy (non-hydrogen) atoms. The smallest absolute Gasteiger partial charge is 0.416 e. The van der Waals surface area contributed by atoms with Gasteiger partial charge in [-0.15, -0.1) is 0 Å². The summed E-state index contributed by atoms with van der Waals surface area (Å²) < 4.78 is 86.1. The molecule has 4 heterocycles. The quantitative estimate of drug-likeness (QED) is 0.228. The molecule has 3 aliphatic heterocycles. The number of nitrogens with one attached hydrogen (secondary N) is 2. The van der Waals surface area contributed by atoms with Gasteiger partial charge in [-0.2, -0.15) is 26.3 Å². The number of anilines is 1. The molecule has 3 aliphatic rings. The molecule has 4 unspecified atom stereocenters. The molecule has 12 heteroatoms. The van der Waals surface area contributed by atoms with Crippen LogP contribution in [-0.4, -0.2) is 41.2 Å². The van der Waals surface area contributed by atoms with Gasteiger partial charge in [0.1, 0.15) is 5.75 Å². The van der Waals surface area contributed by atoms with Crippen LogP contribution < -0.4 is 15.4 Å². The van der Waals surface area contributed by atoms with Gasteiger partial charge in [0.2, 0.25) is 0 Å². The number of benzene rings is 2. The molecule has 0 amide bonds. The third-order valence-electron chi connectivity index (χ3n) is 8.28. The van der Waals surface area contributed by atoms with Crippen LogP contribution in [0.15, 0.2) is 48.7 Å². The maximum atomic E-state index is 13.4. The van der Waals surface area contributed by atoms with Crippen LogP contribution in [-0.2, 0) is 12.4 Å². The van der Waals surface area contributed by atoms with Crippen molar-refractivity contribution in [3.05, 3.63) is 65.4 Å². The van der Waals surface area contributed by atoms with Gasteiger partial charge < -0.3 is 20.3 Å². The van der Waals surface area contributed by atoms with E-state index < -0.39 is 29.2 Å². The zero-order valence-electron chi connectivity index (χ0n) is 22.4. The standard InChI is InChI=1S/C29H30F6N4OS/c1-3-20-10-16-7-9-39(20)15-24(16)26(22-6-8-36-25-5-4-21(40-2)14-23(22)25)38-27(41)37-19-12-17(28(30,31)32)11-18(13-19)29(33,34)35/h4-6,8,11-14,16,20,24,26H,3,7,9-10,15H2,1-2H3,(H2,37,38,41)/t16?,20?,24?,26-/m0/s1. The van der Waals surface area contributed by atoms with E-state index in [4.69, 9.17) is 17.0 Å². The molecule has 0 spiro atoms. The van der Waals surface area contributed by atoms with E-state index in [1.165, 1.54) is 0 Å². The fourth-order valence-electron chi connectivity index (χ4n) is 6.28. The van der Waals surface area contributed by atoms with Crippen LogP contribution in [0.5, 0.6) is 5.75 Å². The highest BCUT2D eigenvalue weighted by molar-refractivity contribution is 7.80. The van der Waals surface area contributed by atoms with Gasteiger partial charge in [-0.05, 0) is 97.9 Å². The van der Waals surface area contributed by atoms with Crippen molar-refractivity contribution in [2.45, 2.75) is 50.6 Å². The number of aromatic nitrogens is 1. The average Bonchev–Trinajstić information content (AvgIpc) is 2.94. The molecule has 2 aromatic carbocycles. The first-order valence-corrected chi connectivity index (χ1v) is 13.8. The van der Waals surface area contributed by atoms with Crippen molar-refractivity contribution in [3.8, 4) is 5.75 Å². The Morgan fingerprint density at radius 2 is 1.78 bits per heavy atom.